The molecule has 3 nitrogen and oxygen atoms in total. The summed E-state index contributed by atoms with van der Waals surface area (Å²) in [6.45, 7) is -1.01. The molecule has 0 saturated carbocycles. The minimum absolute atomic E-state index is 0.0341. The normalized spacial score (nSPS) is 10.6. The highest BCUT2D eigenvalue weighted by atomic mass is 79.9. The number of alkyl halides is 3. The van der Waals surface area contributed by atoms with E-state index in [-0.39, 0.29) is 18.8 Å². The molecule has 0 bridgehead atoms. The maximum absolute atomic E-state index is 12.2. The first-order valence-electron chi connectivity index (χ1n) is 5.45. The van der Waals surface area contributed by atoms with E-state index in [9.17, 15) is 13.6 Å². The van der Waals surface area contributed by atoms with Gasteiger partial charge in [-0.3, -0.25) is 4.79 Å². The molecule has 0 saturated heterocycles. The Morgan fingerprint density at radius 1 is 1.42 bits per heavy atom. The second-order valence-corrected chi connectivity index (χ2v) is 4.49. The van der Waals surface area contributed by atoms with Gasteiger partial charge in [-0.1, -0.05) is 27.5 Å². The monoisotopic (exact) mass is 356 g/mol. The Morgan fingerprint density at radius 3 is 2.58 bits per heavy atom. The van der Waals surface area contributed by atoms with Gasteiger partial charge in [-0.05, 0) is 30.2 Å². The van der Waals surface area contributed by atoms with Crippen molar-refractivity contribution >= 4 is 33.5 Å². The molecule has 0 aromatic heterocycles. The number of esters is 1. The summed E-state index contributed by atoms with van der Waals surface area (Å²) in [5, 5.41) is 0.703. The average Bonchev–Trinajstić information content (AvgIpc) is 2.32. The molecular formula is C12H12BrClF2O3. The maximum Gasteiger partial charge on any atom is 0.387 e. The van der Waals surface area contributed by atoms with Crippen LogP contribution in [0.15, 0.2) is 12.1 Å². The van der Waals surface area contributed by atoms with Gasteiger partial charge in [-0.25, -0.2) is 0 Å². The molecule has 0 heterocycles. The first-order chi connectivity index (χ1) is 8.97. The van der Waals surface area contributed by atoms with Crippen LogP contribution < -0.4 is 4.74 Å². The van der Waals surface area contributed by atoms with Crippen molar-refractivity contribution in [1.82, 2.24) is 0 Å². The molecule has 0 N–H and O–H groups in total. The lowest BCUT2D eigenvalue weighted by molar-refractivity contribution is -0.142. The summed E-state index contributed by atoms with van der Waals surface area (Å²) >= 11 is 9.28. The maximum atomic E-state index is 12.2. The van der Waals surface area contributed by atoms with Gasteiger partial charge < -0.3 is 9.47 Å². The van der Waals surface area contributed by atoms with Crippen molar-refractivity contribution in [3.05, 3.63) is 28.3 Å². The van der Waals surface area contributed by atoms with E-state index in [0.717, 1.165) is 0 Å². The Balaban J connectivity index is 3.03. The molecule has 0 aliphatic carbocycles. The molecule has 0 spiro atoms. The van der Waals surface area contributed by atoms with Crippen LogP contribution in [0.5, 0.6) is 5.75 Å². The molecule has 0 atom stereocenters. The second kappa shape index (κ2) is 7.65. The van der Waals surface area contributed by atoms with Gasteiger partial charge in [0.2, 0.25) is 0 Å². The zero-order valence-electron chi connectivity index (χ0n) is 10.1. The number of carbonyl (C=O) groups excluding carboxylic acids is 1. The smallest absolute Gasteiger partial charge is 0.387 e. The topological polar surface area (TPSA) is 35.5 Å². The van der Waals surface area contributed by atoms with Gasteiger partial charge in [0.15, 0.2) is 0 Å². The van der Waals surface area contributed by atoms with Crippen molar-refractivity contribution in [2.75, 3.05) is 6.61 Å². The molecule has 1 rings (SSSR count). The summed E-state index contributed by atoms with van der Waals surface area (Å²) in [5.74, 6) is -0.507. The van der Waals surface area contributed by atoms with Crippen LogP contribution in [0.2, 0.25) is 5.02 Å². The minimum Gasteiger partial charge on any atom is -0.466 e. The summed E-state index contributed by atoms with van der Waals surface area (Å²) in [6, 6.07) is 2.72. The van der Waals surface area contributed by atoms with Crippen LogP contribution in [0.25, 0.3) is 0 Å². The summed E-state index contributed by atoms with van der Waals surface area (Å²) in [7, 11) is 0. The number of hydrogen-bond acceptors (Lipinski definition) is 3. The molecule has 1 aromatic rings. The van der Waals surface area contributed by atoms with Gasteiger partial charge in [0.1, 0.15) is 5.75 Å². The Bertz CT molecular complexity index is 455. The lowest BCUT2D eigenvalue weighted by atomic mass is 10.1. The second-order valence-electron chi connectivity index (χ2n) is 3.55. The molecule has 7 heteroatoms. The average molecular weight is 358 g/mol. The van der Waals surface area contributed by atoms with Crippen molar-refractivity contribution in [2.45, 2.75) is 25.3 Å². The van der Waals surface area contributed by atoms with Gasteiger partial charge >= 0.3 is 12.6 Å². The van der Waals surface area contributed by atoms with Crippen LogP contribution in [-0.4, -0.2) is 19.2 Å². The minimum atomic E-state index is -2.93. The Morgan fingerprint density at radius 2 is 2.05 bits per heavy atom. The van der Waals surface area contributed by atoms with Gasteiger partial charge in [-0.15, -0.1) is 0 Å². The van der Waals surface area contributed by atoms with Crippen molar-refractivity contribution in [3.8, 4) is 5.75 Å². The SMILES string of the molecule is CCOC(=O)Cc1cc(OC(F)F)cc(CBr)c1Cl. The Hall–Kier alpha value is -0.880. The number of rotatable bonds is 6. The van der Waals surface area contributed by atoms with E-state index < -0.39 is 12.6 Å². The third-order valence-corrected chi connectivity index (χ3v) is 3.30. The molecule has 0 fully saturated rings. The molecule has 0 radical (unpaired) electrons. The fourth-order valence-electron chi connectivity index (χ4n) is 1.48. The Labute approximate surface area is 123 Å². The summed E-state index contributed by atoms with van der Waals surface area (Å²) in [4.78, 5) is 11.4. The predicted octanol–water partition coefficient (Wildman–Crippen LogP) is 3.94. The van der Waals surface area contributed by atoms with E-state index in [4.69, 9.17) is 16.3 Å². The van der Waals surface area contributed by atoms with E-state index in [1.807, 2.05) is 0 Å². The predicted molar refractivity (Wildman–Crippen MR) is 71.1 cm³/mol. The van der Waals surface area contributed by atoms with Crippen molar-refractivity contribution in [1.29, 1.82) is 0 Å². The molecule has 1 aromatic carbocycles. The summed E-state index contributed by atoms with van der Waals surface area (Å²) in [6.07, 6.45) is -0.0902. The van der Waals surface area contributed by atoms with Crippen LogP contribution in [-0.2, 0) is 21.3 Å². The molecule has 19 heavy (non-hydrogen) atoms. The third kappa shape index (κ3) is 4.95. The highest BCUT2D eigenvalue weighted by Crippen LogP contribution is 2.30. The zero-order valence-corrected chi connectivity index (χ0v) is 12.4. The van der Waals surface area contributed by atoms with Crippen LogP contribution in [0.3, 0.4) is 0 Å². The van der Waals surface area contributed by atoms with E-state index in [1.165, 1.54) is 12.1 Å². The van der Waals surface area contributed by atoms with Crippen molar-refractivity contribution < 1.29 is 23.0 Å². The van der Waals surface area contributed by atoms with E-state index in [1.54, 1.807) is 6.92 Å². The fraction of sp³-hybridized carbons (Fsp3) is 0.417. The number of ether oxygens (including phenoxy) is 2. The quantitative estimate of drug-likeness (QED) is 0.571. The van der Waals surface area contributed by atoms with Gasteiger partial charge in [0.05, 0.1) is 13.0 Å². The third-order valence-electron chi connectivity index (χ3n) is 2.21. The number of hydrogen-bond donors (Lipinski definition) is 0. The first kappa shape index (κ1) is 16.2. The summed E-state index contributed by atoms with van der Waals surface area (Å²) < 4.78 is 33.6. The summed E-state index contributed by atoms with van der Waals surface area (Å²) in [5.41, 5.74) is 0.965. The number of benzene rings is 1. The number of halogens is 4. The van der Waals surface area contributed by atoms with Gasteiger partial charge in [0.25, 0.3) is 0 Å². The Kier molecular flexibility index (Phi) is 6.51. The van der Waals surface area contributed by atoms with Crippen LogP contribution >= 0.6 is 27.5 Å². The molecule has 0 aliphatic rings. The highest BCUT2D eigenvalue weighted by Gasteiger charge is 2.15. The lowest BCUT2D eigenvalue weighted by Crippen LogP contribution is -2.09. The highest BCUT2D eigenvalue weighted by molar-refractivity contribution is 9.08. The first-order valence-corrected chi connectivity index (χ1v) is 6.95. The molecule has 0 unspecified atom stereocenters. The standard InChI is InChI=1S/C12H12BrClF2O3/c1-2-18-10(17)5-7-3-9(19-12(15)16)4-8(6-13)11(7)14/h3-4,12H,2,5-6H2,1H3. The van der Waals surface area contributed by atoms with Crippen molar-refractivity contribution in [2.24, 2.45) is 0 Å². The zero-order chi connectivity index (χ0) is 14.4. The van der Waals surface area contributed by atoms with E-state index in [0.29, 0.717) is 21.5 Å². The fourth-order valence-corrected chi connectivity index (χ4v) is 2.33. The molecular weight excluding hydrogens is 345 g/mol. The molecule has 106 valence electrons. The van der Waals surface area contributed by atoms with Gasteiger partial charge in [-0.2, -0.15) is 8.78 Å². The number of carbonyl (C=O) groups is 1. The lowest BCUT2D eigenvalue weighted by Gasteiger charge is -2.12. The molecule has 0 amide bonds. The van der Waals surface area contributed by atoms with Crippen LogP contribution in [0, 0.1) is 0 Å². The largest absolute Gasteiger partial charge is 0.466 e. The van der Waals surface area contributed by atoms with Crippen LogP contribution in [0.1, 0.15) is 18.1 Å². The van der Waals surface area contributed by atoms with Crippen molar-refractivity contribution in [3.63, 3.8) is 0 Å². The molecule has 0 aliphatic heterocycles. The van der Waals surface area contributed by atoms with E-state index in [2.05, 4.69) is 20.7 Å². The van der Waals surface area contributed by atoms with Gasteiger partial charge in [0, 0.05) is 10.4 Å². The van der Waals surface area contributed by atoms with E-state index >= 15 is 0 Å². The van der Waals surface area contributed by atoms with Crippen LogP contribution in [0.4, 0.5) is 8.78 Å².